The molecule has 1 aromatic carbocycles. The van der Waals surface area contributed by atoms with Crippen LogP contribution in [0.1, 0.15) is 26.3 Å². The summed E-state index contributed by atoms with van der Waals surface area (Å²) >= 11 is 5.89. The van der Waals surface area contributed by atoms with E-state index < -0.39 is 0 Å². The summed E-state index contributed by atoms with van der Waals surface area (Å²) in [5.74, 6) is 0.798. The van der Waals surface area contributed by atoms with Crippen molar-refractivity contribution in [2.75, 3.05) is 19.1 Å². The van der Waals surface area contributed by atoms with Gasteiger partial charge in [-0.1, -0.05) is 30.8 Å². The smallest absolute Gasteiger partial charge is 0.119 e. The van der Waals surface area contributed by atoms with Gasteiger partial charge in [-0.05, 0) is 56.2 Å². The molecule has 0 N–H and O–H groups in total. The summed E-state index contributed by atoms with van der Waals surface area (Å²) in [7, 11) is 3.65. The Balaban J connectivity index is 3.36. The molecule has 3 heteroatoms. The second-order valence-corrected chi connectivity index (χ2v) is 5.86. The van der Waals surface area contributed by atoms with Gasteiger partial charge in [-0.3, -0.25) is 0 Å². The molecule has 1 aromatic rings. The van der Waals surface area contributed by atoms with Crippen molar-refractivity contribution in [1.29, 1.82) is 0 Å². The number of nitrogens with zero attached hydrogens (tertiary/aromatic N) is 1. The Labute approximate surface area is 139 Å². The van der Waals surface area contributed by atoms with Crippen molar-refractivity contribution < 1.29 is 4.74 Å². The summed E-state index contributed by atoms with van der Waals surface area (Å²) in [5.41, 5.74) is 4.98. The molecule has 0 aromatic heterocycles. The first-order valence-electron chi connectivity index (χ1n) is 7.05. The molecule has 2 nitrogen and oxygen atoms in total. The normalized spacial score (nSPS) is 12.1. The molecular weight excluding hydrogens is 294 g/mol. The number of rotatable bonds is 6. The lowest BCUT2D eigenvalue weighted by atomic mass is 9.97. The molecular formula is C19H24ClNO. The van der Waals surface area contributed by atoms with Gasteiger partial charge in [-0.15, -0.1) is 0 Å². The number of ether oxygens (including phenoxy) is 1. The number of halogens is 1. The van der Waals surface area contributed by atoms with Gasteiger partial charge in [0, 0.05) is 29.0 Å². The van der Waals surface area contributed by atoms with Crippen LogP contribution in [0.3, 0.4) is 0 Å². The van der Waals surface area contributed by atoms with Crippen LogP contribution >= 0.6 is 11.6 Å². The van der Waals surface area contributed by atoms with E-state index >= 15 is 0 Å². The minimum absolute atomic E-state index is 0.733. The molecule has 0 atom stereocenters. The summed E-state index contributed by atoms with van der Waals surface area (Å²) in [6.45, 7) is 14.1. The Bertz CT molecular complexity index is 637. The van der Waals surface area contributed by atoms with Crippen LogP contribution in [0.5, 0.6) is 5.75 Å². The number of allylic oxidation sites excluding steroid dienone is 6. The zero-order valence-electron chi connectivity index (χ0n) is 14.0. The van der Waals surface area contributed by atoms with E-state index in [1.807, 2.05) is 63.1 Å². The molecule has 0 saturated heterocycles. The highest BCUT2D eigenvalue weighted by Crippen LogP contribution is 2.34. The van der Waals surface area contributed by atoms with Gasteiger partial charge in [0.05, 0.1) is 7.11 Å². The lowest BCUT2D eigenvalue weighted by Crippen LogP contribution is -2.15. The fraction of sp³-hybridized carbons (Fsp3) is 0.263. The zero-order chi connectivity index (χ0) is 16.9. The molecule has 0 bridgehead atoms. The first kappa shape index (κ1) is 18.1. The zero-order valence-corrected chi connectivity index (χ0v) is 14.8. The Morgan fingerprint density at radius 1 is 1.18 bits per heavy atom. The van der Waals surface area contributed by atoms with Crippen LogP contribution in [0.2, 0.25) is 0 Å². The molecule has 0 unspecified atom stereocenters. The predicted molar refractivity (Wildman–Crippen MR) is 98.6 cm³/mol. The summed E-state index contributed by atoms with van der Waals surface area (Å²) in [6.07, 6.45) is 3.83. The topological polar surface area (TPSA) is 12.5 Å². The van der Waals surface area contributed by atoms with Crippen molar-refractivity contribution >= 4 is 22.9 Å². The standard InChI is InChI=1S/C19H24ClNO/c1-13(2)21(6)19-11-10-17(22-7)12-18(19)16(5)14(3)8-9-15(4)20/h8-12H,1,5H2,2-4,6-7H3/b14-8+,15-9+. The van der Waals surface area contributed by atoms with E-state index in [4.69, 9.17) is 16.3 Å². The molecule has 118 valence electrons. The number of benzene rings is 1. The SMILES string of the molecule is C=C(/C(C)=C/C=C(\C)Cl)c1cc(OC)ccc1N(C)C(=C)C. The number of hydrogen-bond donors (Lipinski definition) is 0. The van der Waals surface area contributed by atoms with E-state index in [9.17, 15) is 0 Å². The highest BCUT2D eigenvalue weighted by atomic mass is 35.5. The minimum Gasteiger partial charge on any atom is -0.497 e. The summed E-state index contributed by atoms with van der Waals surface area (Å²) < 4.78 is 5.34. The van der Waals surface area contributed by atoms with Gasteiger partial charge in [0.1, 0.15) is 5.75 Å². The van der Waals surface area contributed by atoms with Crippen LogP contribution in [0.4, 0.5) is 5.69 Å². The highest BCUT2D eigenvalue weighted by molar-refractivity contribution is 6.29. The third-order valence-electron chi connectivity index (χ3n) is 3.50. The fourth-order valence-corrected chi connectivity index (χ4v) is 2.00. The van der Waals surface area contributed by atoms with Crippen molar-refractivity contribution in [3.05, 3.63) is 65.4 Å². The van der Waals surface area contributed by atoms with E-state index in [-0.39, 0.29) is 0 Å². The lowest BCUT2D eigenvalue weighted by molar-refractivity contribution is 0.414. The third kappa shape index (κ3) is 4.54. The maximum atomic E-state index is 5.89. The van der Waals surface area contributed by atoms with Crippen molar-refractivity contribution in [3.8, 4) is 5.75 Å². The van der Waals surface area contributed by atoms with Gasteiger partial charge in [-0.2, -0.15) is 0 Å². The fourth-order valence-electron chi connectivity index (χ4n) is 1.93. The largest absolute Gasteiger partial charge is 0.497 e. The van der Waals surface area contributed by atoms with Crippen LogP contribution < -0.4 is 9.64 Å². The first-order chi connectivity index (χ1) is 10.3. The Morgan fingerprint density at radius 2 is 1.82 bits per heavy atom. The molecule has 0 spiro atoms. The molecule has 0 fully saturated rings. The molecule has 1 rings (SSSR count). The maximum Gasteiger partial charge on any atom is 0.119 e. The van der Waals surface area contributed by atoms with E-state index in [2.05, 4.69) is 13.2 Å². The van der Waals surface area contributed by atoms with Crippen molar-refractivity contribution in [1.82, 2.24) is 0 Å². The molecule has 0 aliphatic carbocycles. The van der Waals surface area contributed by atoms with Gasteiger partial charge in [0.25, 0.3) is 0 Å². The van der Waals surface area contributed by atoms with Gasteiger partial charge in [0.2, 0.25) is 0 Å². The quantitative estimate of drug-likeness (QED) is 0.618. The second-order valence-electron chi connectivity index (χ2n) is 5.26. The van der Waals surface area contributed by atoms with Crippen LogP contribution in [0.15, 0.2) is 59.8 Å². The van der Waals surface area contributed by atoms with Gasteiger partial charge >= 0.3 is 0 Å². The summed E-state index contributed by atoms with van der Waals surface area (Å²) in [5, 5.41) is 0.733. The van der Waals surface area contributed by atoms with Crippen LogP contribution in [0.25, 0.3) is 5.57 Å². The van der Waals surface area contributed by atoms with Gasteiger partial charge in [-0.25, -0.2) is 0 Å². The lowest BCUT2D eigenvalue weighted by Gasteiger charge is -2.24. The average Bonchev–Trinajstić information content (AvgIpc) is 2.50. The van der Waals surface area contributed by atoms with Crippen molar-refractivity contribution in [2.24, 2.45) is 0 Å². The van der Waals surface area contributed by atoms with Gasteiger partial charge < -0.3 is 9.64 Å². The number of hydrogen-bond acceptors (Lipinski definition) is 2. The maximum absolute atomic E-state index is 5.89. The summed E-state index contributed by atoms with van der Waals surface area (Å²) in [4.78, 5) is 2.04. The van der Waals surface area contributed by atoms with Crippen LogP contribution in [-0.4, -0.2) is 14.2 Å². The monoisotopic (exact) mass is 317 g/mol. The first-order valence-corrected chi connectivity index (χ1v) is 7.43. The molecule has 0 saturated carbocycles. The van der Waals surface area contributed by atoms with E-state index in [1.165, 1.54) is 0 Å². The Kier molecular flexibility index (Phi) is 6.51. The van der Waals surface area contributed by atoms with Crippen molar-refractivity contribution in [2.45, 2.75) is 20.8 Å². The Hall–Kier alpha value is -1.93. The number of anilines is 1. The van der Waals surface area contributed by atoms with E-state index in [0.717, 1.165) is 38.9 Å². The van der Waals surface area contributed by atoms with Crippen LogP contribution in [-0.2, 0) is 0 Å². The van der Waals surface area contributed by atoms with Crippen molar-refractivity contribution in [3.63, 3.8) is 0 Å². The highest BCUT2D eigenvalue weighted by Gasteiger charge is 2.13. The van der Waals surface area contributed by atoms with Crippen LogP contribution in [0, 0.1) is 0 Å². The number of methoxy groups -OCH3 is 1. The summed E-state index contributed by atoms with van der Waals surface area (Å²) in [6, 6.07) is 5.95. The molecule has 0 amide bonds. The molecule has 0 aliphatic heterocycles. The molecule has 0 heterocycles. The molecule has 22 heavy (non-hydrogen) atoms. The van der Waals surface area contributed by atoms with E-state index in [1.54, 1.807) is 7.11 Å². The van der Waals surface area contributed by atoms with Gasteiger partial charge in [0.15, 0.2) is 0 Å². The minimum atomic E-state index is 0.733. The Morgan fingerprint density at radius 3 is 2.32 bits per heavy atom. The average molecular weight is 318 g/mol. The molecule has 0 radical (unpaired) electrons. The van der Waals surface area contributed by atoms with E-state index in [0.29, 0.717) is 0 Å². The third-order valence-corrected chi connectivity index (χ3v) is 3.63. The molecule has 0 aliphatic rings. The predicted octanol–water partition coefficient (Wildman–Crippen LogP) is 5.77. The second kappa shape index (κ2) is 7.90.